The summed E-state index contributed by atoms with van der Waals surface area (Å²) in [7, 11) is 0. The lowest BCUT2D eigenvalue weighted by molar-refractivity contribution is 0.102. The molecule has 0 unspecified atom stereocenters. The van der Waals surface area contributed by atoms with Crippen LogP contribution in [0.5, 0.6) is 0 Å². The molecule has 138 valence electrons. The lowest BCUT2D eigenvalue weighted by atomic mass is 10.0. The second-order valence-corrected chi connectivity index (χ2v) is 6.91. The van der Waals surface area contributed by atoms with Gasteiger partial charge in [0, 0.05) is 17.4 Å². The highest BCUT2D eigenvalue weighted by molar-refractivity contribution is 6.03. The SMILES string of the molecule is Cc1ccc(Nc2cc(C(=O)Nc3ccc(C(C)C)cc3)nc(C)n2)cc1. The van der Waals surface area contributed by atoms with Gasteiger partial charge in [0.2, 0.25) is 0 Å². The summed E-state index contributed by atoms with van der Waals surface area (Å²) in [5, 5.41) is 6.11. The van der Waals surface area contributed by atoms with Gasteiger partial charge < -0.3 is 10.6 Å². The zero-order valence-electron chi connectivity index (χ0n) is 16.1. The average Bonchev–Trinajstić information content (AvgIpc) is 2.63. The number of rotatable bonds is 5. The molecule has 2 aromatic carbocycles. The Morgan fingerprint density at radius 3 is 2.15 bits per heavy atom. The van der Waals surface area contributed by atoms with E-state index < -0.39 is 0 Å². The number of carbonyl (C=O) groups is 1. The van der Waals surface area contributed by atoms with Gasteiger partial charge in [0.1, 0.15) is 17.3 Å². The van der Waals surface area contributed by atoms with E-state index in [1.165, 1.54) is 11.1 Å². The van der Waals surface area contributed by atoms with Crippen LogP contribution in [0.25, 0.3) is 0 Å². The summed E-state index contributed by atoms with van der Waals surface area (Å²) in [4.78, 5) is 21.2. The van der Waals surface area contributed by atoms with Gasteiger partial charge in [-0.2, -0.15) is 0 Å². The molecule has 0 atom stereocenters. The number of hydrogen-bond donors (Lipinski definition) is 2. The van der Waals surface area contributed by atoms with E-state index in [2.05, 4.69) is 34.4 Å². The molecule has 0 fully saturated rings. The second kappa shape index (κ2) is 7.99. The molecular formula is C22H24N4O. The Morgan fingerprint density at radius 1 is 0.889 bits per heavy atom. The first-order valence-corrected chi connectivity index (χ1v) is 9.01. The first-order valence-electron chi connectivity index (χ1n) is 9.01. The first-order chi connectivity index (χ1) is 12.9. The van der Waals surface area contributed by atoms with Gasteiger partial charge in [-0.1, -0.05) is 43.7 Å². The molecule has 3 rings (SSSR count). The fourth-order valence-corrected chi connectivity index (χ4v) is 2.68. The third kappa shape index (κ3) is 4.91. The van der Waals surface area contributed by atoms with E-state index in [1.54, 1.807) is 13.0 Å². The number of aromatic nitrogens is 2. The van der Waals surface area contributed by atoms with Crippen LogP contribution in [0.2, 0.25) is 0 Å². The fraction of sp³-hybridized carbons (Fsp3) is 0.227. The first kappa shape index (κ1) is 18.6. The minimum absolute atomic E-state index is 0.259. The van der Waals surface area contributed by atoms with Crippen LogP contribution in [-0.2, 0) is 0 Å². The summed E-state index contributed by atoms with van der Waals surface area (Å²) < 4.78 is 0. The molecule has 0 aliphatic carbocycles. The zero-order valence-corrected chi connectivity index (χ0v) is 16.1. The molecule has 0 radical (unpaired) electrons. The molecule has 0 aliphatic rings. The van der Waals surface area contributed by atoms with Gasteiger partial charge in [-0.15, -0.1) is 0 Å². The smallest absolute Gasteiger partial charge is 0.274 e. The Bertz CT molecular complexity index is 932. The van der Waals surface area contributed by atoms with Gasteiger partial charge >= 0.3 is 0 Å². The van der Waals surface area contributed by atoms with E-state index in [4.69, 9.17) is 0 Å². The van der Waals surface area contributed by atoms with Gasteiger partial charge in [0.15, 0.2) is 0 Å². The Morgan fingerprint density at radius 2 is 1.52 bits per heavy atom. The summed E-state index contributed by atoms with van der Waals surface area (Å²) in [5.74, 6) is 1.32. The summed E-state index contributed by atoms with van der Waals surface area (Å²) >= 11 is 0. The maximum atomic E-state index is 12.6. The predicted octanol–water partition coefficient (Wildman–Crippen LogP) is 5.21. The molecule has 5 heteroatoms. The van der Waals surface area contributed by atoms with Crippen LogP contribution in [0, 0.1) is 13.8 Å². The summed E-state index contributed by atoms with van der Waals surface area (Å²) in [6, 6.07) is 17.5. The van der Waals surface area contributed by atoms with Crippen LogP contribution in [0.3, 0.4) is 0 Å². The second-order valence-electron chi connectivity index (χ2n) is 6.91. The lowest BCUT2D eigenvalue weighted by Gasteiger charge is -2.10. The molecule has 1 amide bonds. The molecule has 27 heavy (non-hydrogen) atoms. The Kier molecular flexibility index (Phi) is 5.50. The maximum absolute atomic E-state index is 12.6. The number of hydrogen-bond acceptors (Lipinski definition) is 4. The predicted molar refractivity (Wildman–Crippen MR) is 110 cm³/mol. The van der Waals surface area contributed by atoms with Gasteiger partial charge in [0.05, 0.1) is 0 Å². The Balaban J connectivity index is 1.76. The quantitative estimate of drug-likeness (QED) is 0.655. The largest absolute Gasteiger partial charge is 0.340 e. The van der Waals surface area contributed by atoms with E-state index in [0.29, 0.717) is 23.3 Å². The van der Waals surface area contributed by atoms with Crippen molar-refractivity contribution in [1.82, 2.24) is 9.97 Å². The maximum Gasteiger partial charge on any atom is 0.274 e. The molecule has 1 heterocycles. The topological polar surface area (TPSA) is 66.9 Å². The van der Waals surface area contributed by atoms with Crippen molar-refractivity contribution >= 4 is 23.1 Å². The van der Waals surface area contributed by atoms with Crippen molar-refractivity contribution in [3.63, 3.8) is 0 Å². The van der Waals surface area contributed by atoms with Crippen molar-refractivity contribution in [1.29, 1.82) is 0 Å². The molecule has 5 nitrogen and oxygen atoms in total. The van der Waals surface area contributed by atoms with Crippen molar-refractivity contribution in [3.8, 4) is 0 Å². The monoisotopic (exact) mass is 360 g/mol. The molecule has 3 aromatic rings. The van der Waals surface area contributed by atoms with Crippen LogP contribution in [0.15, 0.2) is 54.6 Å². The minimum atomic E-state index is -0.259. The highest BCUT2D eigenvalue weighted by Gasteiger charge is 2.11. The molecular weight excluding hydrogens is 336 g/mol. The lowest BCUT2D eigenvalue weighted by Crippen LogP contribution is -2.15. The number of amides is 1. The number of anilines is 3. The highest BCUT2D eigenvalue weighted by Crippen LogP contribution is 2.19. The van der Waals surface area contributed by atoms with Crippen LogP contribution in [-0.4, -0.2) is 15.9 Å². The van der Waals surface area contributed by atoms with Crippen molar-refractivity contribution in [2.45, 2.75) is 33.6 Å². The highest BCUT2D eigenvalue weighted by atomic mass is 16.1. The number of nitrogens with one attached hydrogen (secondary N) is 2. The number of nitrogens with zero attached hydrogens (tertiary/aromatic N) is 2. The van der Waals surface area contributed by atoms with E-state index in [9.17, 15) is 4.79 Å². The van der Waals surface area contributed by atoms with Crippen LogP contribution >= 0.6 is 0 Å². The van der Waals surface area contributed by atoms with Gasteiger partial charge in [-0.05, 0) is 49.6 Å². The number of aryl methyl sites for hydroxylation is 2. The molecule has 0 bridgehead atoms. The van der Waals surface area contributed by atoms with E-state index in [1.807, 2.05) is 55.5 Å². The van der Waals surface area contributed by atoms with Crippen molar-refractivity contribution in [2.75, 3.05) is 10.6 Å². The van der Waals surface area contributed by atoms with Crippen LogP contribution in [0.4, 0.5) is 17.2 Å². The molecule has 0 spiro atoms. The normalized spacial score (nSPS) is 10.7. The van der Waals surface area contributed by atoms with Crippen LogP contribution in [0.1, 0.15) is 47.2 Å². The zero-order chi connectivity index (χ0) is 19.4. The van der Waals surface area contributed by atoms with Crippen molar-refractivity contribution in [2.24, 2.45) is 0 Å². The fourth-order valence-electron chi connectivity index (χ4n) is 2.68. The summed E-state index contributed by atoms with van der Waals surface area (Å²) in [5.41, 5.74) is 4.39. The third-order valence-corrected chi connectivity index (χ3v) is 4.23. The third-order valence-electron chi connectivity index (χ3n) is 4.23. The Labute approximate surface area is 159 Å². The van der Waals surface area contributed by atoms with Crippen molar-refractivity contribution < 1.29 is 4.79 Å². The van der Waals surface area contributed by atoms with Crippen molar-refractivity contribution in [3.05, 3.63) is 77.2 Å². The van der Waals surface area contributed by atoms with E-state index >= 15 is 0 Å². The van der Waals surface area contributed by atoms with Gasteiger partial charge in [-0.25, -0.2) is 9.97 Å². The van der Waals surface area contributed by atoms with E-state index in [-0.39, 0.29) is 5.91 Å². The molecule has 0 saturated carbocycles. The number of carbonyl (C=O) groups excluding carboxylic acids is 1. The molecule has 0 saturated heterocycles. The van der Waals surface area contributed by atoms with E-state index in [0.717, 1.165) is 11.4 Å². The van der Waals surface area contributed by atoms with Gasteiger partial charge in [-0.3, -0.25) is 4.79 Å². The summed E-state index contributed by atoms with van der Waals surface area (Å²) in [6.45, 7) is 8.09. The molecule has 2 N–H and O–H groups in total. The number of benzene rings is 2. The van der Waals surface area contributed by atoms with Gasteiger partial charge in [0.25, 0.3) is 5.91 Å². The summed E-state index contributed by atoms with van der Waals surface area (Å²) in [6.07, 6.45) is 0. The molecule has 1 aromatic heterocycles. The Hall–Kier alpha value is -3.21. The average molecular weight is 360 g/mol. The van der Waals surface area contributed by atoms with Crippen LogP contribution < -0.4 is 10.6 Å². The standard InChI is InChI=1S/C22H24N4O/c1-14(2)17-7-11-19(12-8-17)26-22(27)20-13-21(24-16(4)23-20)25-18-9-5-15(3)6-10-18/h5-14H,1-4H3,(H,26,27)(H,23,24,25). The minimum Gasteiger partial charge on any atom is -0.340 e. The molecule has 0 aliphatic heterocycles.